The van der Waals surface area contributed by atoms with Crippen LogP contribution in [0, 0.1) is 0 Å². The number of hydrogen-bond acceptors (Lipinski definition) is 5. The van der Waals surface area contributed by atoms with E-state index in [0.29, 0.717) is 48.0 Å². The zero-order valence-corrected chi connectivity index (χ0v) is 22.2. The number of amides is 2. The molecule has 0 spiro atoms. The van der Waals surface area contributed by atoms with Crippen LogP contribution in [0.2, 0.25) is 0 Å². The van der Waals surface area contributed by atoms with E-state index in [4.69, 9.17) is 4.74 Å². The van der Waals surface area contributed by atoms with Crippen LogP contribution in [0.1, 0.15) is 40.7 Å². The number of fused-ring (bicyclic) bond motifs is 1. The second-order valence-electron chi connectivity index (χ2n) is 9.58. The normalized spacial score (nSPS) is 15.3. The van der Waals surface area contributed by atoms with Crippen LogP contribution >= 0.6 is 0 Å². The standard InChI is InChI=1S/C29H31N3O5S/c1-37-25-11-8-23(9-12-25)29(34)32-19-16-22-7-10-24(20-27(22)32)30-28(33)15-6-21-4-13-26(14-5-21)38(35,36)31-17-2-3-18-31/h4-5,7-14,20H,2-3,6,15-19H2,1H3,(H,30,33). The summed E-state index contributed by atoms with van der Waals surface area (Å²) < 4.78 is 32.1. The molecule has 0 aliphatic carbocycles. The van der Waals surface area contributed by atoms with Crippen LogP contribution in [-0.2, 0) is 27.7 Å². The number of sulfonamides is 1. The monoisotopic (exact) mass is 533 g/mol. The Labute approximate surface area is 223 Å². The highest BCUT2D eigenvalue weighted by molar-refractivity contribution is 7.89. The summed E-state index contributed by atoms with van der Waals surface area (Å²) in [7, 11) is -1.86. The molecule has 1 N–H and O–H groups in total. The zero-order valence-electron chi connectivity index (χ0n) is 21.4. The number of ether oxygens (including phenoxy) is 1. The Kier molecular flexibility index (Phi) is 7.49. The van der Waals surface area contributed by atoms with Crippen molar-refractivity contribution in [1.82, 2.24) is 4.31 Å². The third kappa shape index (κ3) is 5.44. The van der Waals surface area contributed by atoms with Crippen molar-refractivity contribution in [3.05, 3.63) is 83.4 Å². The average molecular weight is 534 g/mol. The van der Waals surface area contributed by atoms with E-state index < -0.39 is 10.0 Å². The highest BCUT2D eigenvalue weighted by Crippen LogP contribution is 2.32. The van der Waals surface area contributed by atoms with Crippen molar-refractivity contribution < 1.29 is 22.7 Å². The molecule has 8 nitrogen and oxygen atoms in total. The summed E-state index contributed by atoms with van der Waals surface area (Å²) in [6.45, 7) is 1.72. The molecule has 9 heteroatoms. The van der Waals surface area contributed by atoms with Gasteiger partial charge in [0.1, 0.15) is 5.75 Å². The van der Waals surface area contributed by atoms with Crippen molar-refractivity contribution in [2.45, 2.75) is 37.0 Å². The molecule has 38 heavy (non-hydrogen) atoms. The number of nitrogens with zero attached hydrogens (tertiary/aromatic N) is 2. The molecule has 1 fully saturated rings. The summed E-state index contributed by atoms with van der Waals surface area (Å²) in [6, 6.07) is 19.5. The minimum Gasteiger partial charge on any atom is -0.497 e. The quantitative estimate of drug-likeness (QED) is 0.467. The predicted octanol–water partition coefficient (Wildman–Crippen LogP) is 4.25. The molecular formula is C29H31N3O5S. The molecule has 1 saturated heterocycles. The molecule has 3 aromatic carbocycles. The number of carbonyl (C=O) groups excluding carboxylic acids is 2. The van der Waals surface area contributed by atoms with Gasteiger partial charge in [0.05, 0.1) is 12.0 Å². The average Bonchev–Trinajstić information content (AvgIpc) is 3.63. The molecule has 5 rings (SSSR count). The fourth-order valence-electron chi connectivity index (χ4n) is 4.94. The summed E-state index contributed by atoms with van der Waals surface area (Å²) >= 11 is 0. The van der Waals surface area contributed by atoms with Gasteiger partial charge in [-0.15, -0.1) is 0 Å². The summed E-state index contributed by atoms with van der Waals surface area (Å²) in [6.07, 6.45) is 3.29. The van der Waals surface area contributed by atoms with E-state index in [2.05, 4.69) is 5.32 Å². The van der Waals surface area contributed by atoms with E-state index in [1.54, 1.807) is 60.5 Å². The van der Waals surface area contributed by atoms with Crippen molar-refractivity contribution in [2.75, 3.05) is 37.0 Å². The van der Waals surface area contributed by atoms with Gasteiger partial charge in [-0.25, -0.2) is 8.42 Å². The van der Waals surface area contributed by atoms with Crippen molar-refractivity contribution in [1.29, 1.82) is 0 Å². The van der Waals surface area contributed by atoms with Crippen LogP contribution in [0.3, 0.4) is 0 Å². The van der Waals surface area contributed by atoms with Gasteiger partial charge < -0.3 is 15.0 Å². The number of methoxy groups -OCH3 is 1. The van der Waals surface area contributed by atoms with Crippen molar-refractivity contribution >= 4 is 33.2 Å². The molecule has 3 aromatic rings. The molecule has 2 heterocycles. The Morgan fingerprint density at radius 2 is 1.63 bits per heavy atom. The lowest BCUT2D eigenvalue weighted by Gasteiger charge is -2.18. The van der Waals surface area contributed by atoms with Crippen LogP contribution < -0.4 is 15.0 Å². The van der Waals surface area contributed by atoms with Gasteiger partial charge in [-0.05, 0) is 85.3 Å². The Bertz CT molecular complexity index is 1430. The van der Waals surface area contributed by atoms with Crippen LogP contribution in [0.5, 0.6) is 5.75 Å². The largest absolute Gasteiger partial charge is 0.497 e. The lowest BCUT2D eigenvalue weighted by Crippen LogP contribution is -2.28. The van der Waals surface area contributed by atoms with Gasteiger partial charge in [-0.1, -0.05) is 18.2 Å². The summed E-state index contributed by atoms with van der Waals surface area (Å²) in [5, 5.41) is 2.93. The second kappa shape index (κ2) is 11.0. The van der Waals surface area contributed by atoms with E-state index in [1.807, 2.05) is 18.2 Å². The van der Waals surface area contributed by atoms with Crippen LogP contribution in [-0.4, -0.2) is 51.3 Å². The molecule has 0 bridgehead atoms. The molecule has 0 unspecified atom stereocenters. The minimum absolute atomic E-state index is 0.0925. The van der Waals surface area contributed by atoms with E-state index in [-0.39, 0.29) is 18.2 Å². The lowest BCUT2D eigenvalue weighted by atomic mass is 10.1. The number of anilines is 2. The van der Waals surface area contributed by atoms with Gasteiger partial charge >= 0.3 is 0 Å². The maximum Gasteiger partial charge on any atom is 0.258 e. The van der Waals surface area contributed by atoms with E-state index >= 15 is 0 Å². The maximum atomic E-state index is 13.1. The van der Waals surface area contributed by atoms with Gasteiger partial charge in [-0.3, -0.25) is 9.59 Å². The van der Waals surface area contributed by atoms with Crippen LogP contribution in [0.25, 0.3) is 0 Å². The Balaban J connectivity index is 1.19. The number of carbonyl (C=O) groups is 2. The first kappa shape index (κ1) is 25.9. The third-order valence-electron chi connectivity index (χ3n) is 7.11. The molecule has 0 radical (unpaired) electrons. The van der Waals surface area contributed by atoms with Gasteiger partial charge in [-0.2, -0.15) is 4.31 Å². The Morgan fingerprint density at radius 3 is 2.32 bits per heavy atom. The van der Waals surface area contributed by atoms with Gasteiger partial charge in [0.25, 0.3) is 5.91 Å². The summed E-state index contributed by atoms with van der Waals surface area (Å²) in [4.78, 5) is 27.8. The van der Waals surface area contributed by atoms with Crippen LogP contribution in [0.15, 0.2) is 71.6 Å². The predicted molar refractivity (Wildman–Crippen MR) is 146 cm³/mol. The maximum absolute atomic E-state index is 13.1. The Hall–Kier alpha value is -3.69. The first-order chi connectivity index (χ1) is 18.3. The summed E-state index contributed by atoms with van der Waals surface area (Å²) in [5.74, 6) is 0.450. The van der Waals surface area contributed by atoms with Crippen molar-refractivity contribution in [3.8, 4) is 5.75 Å². The minimum atomic E-state index is -3.44. The molecule has 0 atom stereocenters. The first-order valence-electron chi connectivity index (χ1n) is 12.8. The molecule has 2 aliphatic rings. The first-order valence-corrected chi connectivity index (χ1v) is 14.3. The highest BCUT2D eigenvalue weighted by atomic mass is 32.2. The van der Waals surface area contributed by atoms with Gasteiger partial charge in [0.15, 0.2) is 0 Å². The topological polar surface area (TPSA) is 96.0 Å². The molecule has 198 valence electrons. The van der Waals surface area contributed by atoms with Gasteiger partial charge in [0, 0.05) is 43.0 Å². The summed E-state index contributed by atoms with van der Waals surface area (Å²) in [5.41, 5.74) is 3.97. The fraction of sp³-hybridized carbons (Fsp3) is 0.310. The second-order valence-corrected chi connectivity index (χ2v) is 11.5. The van der Waals surface area contributed by atoms with E-state index in [1.165, 1.54) is 4.31 Å². The molecule has 2 amide bonds. The molecular weight excluding hydrogens is 502 g/mol. The molecule has 2 aliphatic heterocycles. The number of benzene rings is 3. The highest BCUT2D eigenvalue weighted by Gasteiger charge is 2.27. The Morgan fingerprint density at radius 1 is 0.921 bits per heavy atom. The number of nitrogens with one attached hydrogen (secondary N) is 1. The smallest absolute Gasteiger partial charge is 0.258 e. The SMILES string of the molecule is COc1ccc(C(=O)N2CCc3ccc(NC(=O)CCc4ccc(S(=O)(=O)N5CCCC5)cc4)cc32)cc1. The van der Waals surface area contributed by atoms with E-state index in [0.717, 1.165) is 36.1 Å². The fourth-order valence-corrected chi connectivity index (χ4v) is 6.46. The number of rotatable bonds is 8. The third-order valence-corrected chi connectivity index (χ3v) is 9.03. The van der Waals surface area contributed by atoms with Crippen molar-refractivity contribution in [3.63, 3.8) is 0 Å². The lowest BCUT2D eigenvalue weighted by molar-refractivity contribution is -0.116. The number of hydrogen-bond donors (Lipinski definition) is 1. The van der Waals surface area contributed by atoms with Crippen LogP contribution in [0.4, 0.5) is 11.4 Å². The molecule has 0 aromatic heterocycles. The zero-order chi connectivity index (χ0) is 26.7. The number of aryl methyl sites for hydroxylation is 1. The van der Waals surface area contributed by atoms with E-state index in [9.17, 15) is 18.0 Å². The van der Waals surface area contributed by atoms with Crippen molar-refractivity contribution in [2.24, 2.45) is 0 Å². The molecule has 0 saturated carbocycles. The van der Waals surface area contributed by atoms with Gasteiger partial charge in [0.2, 0.25) is 15.9 Å².